The average Bonchev–Trinajstić information content (AvgIpc) is 2.69. The molecule has 2 aromatic rings. The number of para-hydroxylation sites is 1. The molecule has 1 saturated heterocycles. The molecule has 138 valence electrons. The number of ether oxygens (including phenoxy) is 2. The fraction of sp³-hybridized carbons (Fsp3) is 0.381. The van der Waals surface area contributed by atoms with Crippen LogP contribution in [0.1, 0.15) is 18.9 Å². The van der Waals surface area contributed by atoms with Crippen LogP contribution >= 0.6 is 0 Å². The molecule has 1 N–H and O–H groups in total. The van der Waals surface area contributed by atoms with Gasteiger partial charge in [-0.3, -0.25) is 0 Å². The van der Waals surface area contributed by atoms with E-state index < -0.39 is 5.60 Å². The molecule has 0 radical (unpaired) electrons. The first kappa shape index (κ1) is 18.3. The van der Waals surface area contributed by atoms with Gasteiger partial charge in [-0.1, -0.05) is 48.5 Å². The molecule has 0 bridgehead atoms. The van der Waals surface area contributed by atoms with Crippen LogP contribution in [0, 0.1) is 0 Å². The highest BCUT2D eigenvalue weighted by Crippen LogP contribution is 2.28. The van der Waals surface area contributed by atoms with E-state index >= 15 is 0 Å². The van der Waals surface area contributed by atoms with Crippen LogP contribution in [0.15, 0.2) is 60.7 Å². The van der Waals surface area contributed by atoms with Crippen molar-refractivity contribution in [1.29, 1.82) is 0 Å². The lowest BCUT2D eigenvalue weighted by Crippen LogP contribution is -2.60. The normalized spacial score (nSPS) is 22.7. The molecule has 0 aliphatic carbocycles. The van der Waals surface area contributed by atoms with Crippen molar-refractivity contribution in [2.75, 3.05) is 25.5 Å². The average molecular weight is 354 g/mol. The lowest BCUT2D eigenvalue weighted by atomic mass is 9.88. The Bertz CT molecular complexity index is 708. The molecule has 1 heterocycles. The molecule has 26 heavy (non-hydrogen) atoms. The Labute approximate surface area is 154 Å². The minimum Gasteiger partial charge on any atom is -0.445 e. The first-order chi connectivity index (χ1) is 12.6. The lowest BCUT2D eigenvalue weighted by Gasteiger charge is -2.45. The predicted octanol–water partition coefficient (Wildman–Crippen LogP) is 3.91. The Hall–Kier alpha value is -2.53. The van der Waals surface area contributed by atoms with Crippen molar-refractivity contribution in [2.24, 2.45) is 0 Å². The second-order valence-electron chi connectivity index (χ2n) is 6.83. The number of methoxy groups -OCH3 is 1. The van der Waals surface area contributed by atoms with Gasteiger partial charge in [-0.15, -0.1) is 0 Å². The number of hydrogen-bond acceptors (Lipinski definition) is 4. The topological polar surface area (TPSA) is 50.8 Å². The number of likely N-dealkylation sites (tertiary alicyclic amines) is 1. The van der Waals surface area contributed by atoms with Gasteiger partial charge in [-0.25, -0.2) is 4.79 Å². The molecule has 5 heteroatoms. The number of anilines is 1. The number of piperidine rings is 1. The molecule has 1 aliphatic heterocycles. The highest BCUT2D eigenvalue weighted by molar-refractivity contribution is 5.68. The molecular weight excluding hydrogens is 328 g/mol. The molecular formula is C21H26N2O3. The second-order valence-corrected chi connectivity index (χ2v) is 6.83. The molecule has 0 spiro atoms. The van der Waals surface area contributed by atoms with Crippen molar-refractivity contribution >= 4 is 11.8 Å². The zero-order valence-corrected chi connectivity index (χ0v) is 15.4. The van der Waals surface area contributed by atoms with Crippen LogP contribution < -0.4 is 5.32 Å². The Balaban J connectivity index is 1.59. The zero-order chi connectivity index (χ0) is 18.4. The first-order valence-corrected chi connectivity index (χ1v) is 8.93. The SMILES string of the molecule is CO[C@@]1(C)CN(C(=O)OCc2ccccc2)CC[C@H]1Nc1ccccc1. The van der Waals surface area contributed by atoms with Gasteiger partial charge in [0.1, 0.15) is 12.2 Å². The summed E-state index contributed by atoms with van der Waals surface area (Å²) in [6.45, 7) is 3.44. The van der Waals surface area contributed by atoms with E-state index in [-0.39, 0.29) is 18.7 Å². The molecule has 2 atom stereocenters. The maximum absolute atomic E-state index is 12.5. The van der Waals surface area contributed by atoms with E-state index in [1.54, 1.807) is 12.0 Å². The van der Waals surface area contributed by atoms with E-state index in [1.165, 1.54) is 0 Å². The largest absolute Gasteiger partial charge is 0.445 e. The minimum atomic E-state index is -0.486. The van der Waals surface area contributed by atoms with Crippen LogP contribution in [-0.2, 0) is 16.1 Å². The molecule has 5 nitrogen and oxygen atoms in total. The molecule has 2 aromatic carbocycles. The quantitative estimate of drug-likeness (QED) is 0.884. The summed E-state index contributed by atoms with van der Waals surface area (Å²) in [6, 6.07) is 19.9. The summed E-state index contributed by atoms with van der Waals surface area (Å²) >= 11 is 0. The monoisotopic (exact) mass is 354 g/mol. The standard InChI is InChI=1S/C21H26N2O3/c1-21(25-2)16-23(20(24)26-15-17-9-5-3-6-10-17)14-13-19(21)22-18-11-7-4-8-12-18/h3-12,19,22H,13-16H2,1-2H3/t19-,21+/m1/s1. The Kier molecular flexibility index (Phi) is 5.78. The maximum atomic E-state index is 12.5. The molecule has 0 aromatic heterocycles. The van der Waals surface area contributed by atoms with Crippen LogP contribution in [0.3, 0.4) is 0 Å². The van der Waals surface area contributed by atoms with Crippen LogP contribution in [-0.4, -0.2) is 42.8 Å². The Morgan fingerprint density at radius 1 is 1.15 bits per heavy atom. The van der Waals surface area contributed by atoms with Gasteiger partial charge in [0.25, 0.3) is 0 Å². The third-order valence-electron chi connectivity index (χ3n) is 4.97. The minimum absolute atomic E-state index is 0.119. The van der Waals surface area contributed by atoms with Crippen molar-refractivity contribution in [3.05, 3.63) is 66.2 Å². The van der Waals surface area contributed by atoms with Crippen molar-refractivity contribution < 1.29 is 14.3 Å². The van der Waals surface area contributed by atoms with Gasteiger partial charge in [0, 0.05) is 19.3 Å². The van der Waals surface area contributed by atoms with Gasteiger partial charge < -0.3 is 19.7 Å². The van der Waals surface area contributed by atoms with E-state index in [9.17, 15) is 4.79 Å². The molecule has 0 saturated carbocycles. The van der Waals surface area contributed by atoms with E-state index in [0.717, 1.165) is 17.7 Å². The highest BCUT2D eigenvalue weighted by Gasteiger charge is 2.42. The zero-order valence-electron chi connectivity index (χ0n) is 15.4. The predicted molar refractivity (Wildman–Crippen MR) is 102 cm³/mol. The lowest BCUT2D eigenvalue weighted by molar-refractivity contribution is -0.0570. The summed E-state index contributed by atoms with van der Waals surface area (Å²) < 4.78 is 11.3. The van der Waals surface area contributed by atoms with Crippen LogP contribution in [0.2, 0.25) is 0 Å². The van der Waals surface area contributed by atoms with Gasteiger partial charge in [0.2, 0.25) is 0 Å². The number of amides is 1. The van der Waals surface area contributed by atoms with E-state index in [1.807, 2.05) is 67.6 Å². The smallest absolute Gasteiger partial charge is 0.410 e. The Morgan fingerprint density at radius 3 is 2.46 bits per heavy atom. The van der Waals surface area contributed by atoms with Crippen molar-refractivity contribution in [3.63, 3.8) is 0 Å². The number of carbonyl (C=O) groups excluding carboxylic acids is 1. The van der Waals surface area contributed by atoms with E-state index in [0.29, 0.717) is 13.1 Å². The van der Waals surface area contributed by atoms with Crippen LogP contribution in [0.25, 0.3) is 0 Å². The van der Waals surface area contributed by atoms with Gasteiger partial charge in [-0.2, -0.15) is 0 Å². The molecule has 1 amide bonds. The summed E-state index contributed by atoms with van der Waals surface area (Å²) in [5.74, 6) is 0. The van der Waals surface area contributed by atoms with Gasteiger partial charge >= 0.3 is 6.09 Å². The number of hydrogen-bond donors (Lipinski definition) is 1. The molecule has 3 rings (SSSR count). The maximum Gasteiger partial charge on any atom is 0.410 e. The van der Waals surface area contributed by atoms with Crippen molar-refractivity contribution in [3.8, 4) is 0 Å². The summed E-state index contributed by atoms with van der Waals surface area (Å²) in [5, 5.41) is 3.54. The van der Waals surface area contributed by atoms with Gasteiger partial charge in [0.15, 0.2) is 0 Å². The fourth-order valence-corrected chi connectivity index (χ4v) is 3.29. The number of carbonyl (C=O) groups is 1. The number of nitrogens with one attached hydrogen (secondary N) is 1. The summed E-state index contributed by atoms with van der Waals surface area (Å²) in [6.07, 6.45) is 0.495. The molecule has 1 fully saturated rings. The summed E-state index contributed by atoms with van der Waals surface area (Å²) in [7, 11) is 1.69. The highest BCUT2D eigenvalue weighted by atomic mass is 16.6. The second kappa shape index (κ2) is 8.23. The summed E-state index contributed by atoms with van der Waals surface area (Å²) in [4.78, 5) is 14.2. The number of benzene rings is 2. The van der Waals surface area contributed by atoms with Gasteiger partial charge in [0.05, 0.1) is 12.6 Å². The van der Waals surface area contributed by atoms with Crippen molar-refractivity contribution in [2.45, 2.75) is 31.6 Å². The Morgan fingerprint density at radius 2 is 1.81 bits per heavy atom. The molecule has 0 unspecified atom stereocenters. The van der Waals surface area contributed by atoms with Crippen LogP contribution in [0.5, 0.6) is 0 Å². The third-order valence-corrected chi connectivity index (χ3v) is 4.97. The van der Waals surface area contributed by atoms with Gasteiger partial charge in [-0.05, 0) is 31.0 Å². The third kappa shape index (κ3) is 4.35. The summed E-state index contributed by atoms with van der Waals surface area (Å²) in [5.41, 5.74) is 1.55. The molecule has 1 aliphatic rings. The first-order valence-electron chi connectivity index (χ1n) is 8.93. The van der Waals surface area contributed by atoms with E-state index in [4.69, 9.17) is 9.47 Å². The number of rotatable bonds is 5. The fourth-order valence-electron chi connectivity index (χ4n) is 3.29. The van der Waals surface area contributed by atoms with Crippen molar-refractivity contribution in [1.82, 2.24) is 4.90 Å². The number of nitrogens with zero attached hydrogens (tertiary/aromatic N) is 1. The van der Waals surface area contributed by atoms with Crippen LogP contribution in [0.4, 0.5) is 10.5 Å². The van der Waals surface area contributed by atoms with E-state index in [2.05, 4.69) is 5.32 Å².